The molecule has 2 aromatic rings. The minimum atomic E-state index is -1.05. The molecule has 1 fully saturated rings. The third-order valence-electron chi connectivity index (χ3n) is 4.55. The fourth-order valence-electron chi connectivity index (χ4n) is 3.29. The number of aromatic nitrogens is 3. The summed E-state index contributed by atoms with van der Waals surface area (Å²) in [6.45, 7) is 0.700. The van der Waals surface area contributed by atoms with Gasteiger partial charge in [0.15, 0.2) is 5.69 Å². The van der Waals surface area contributed by atoms with Crippen LogP contribution in [-0.2, 0) is 6.54 Å². The maximum Gasteiger partial charge on any atom is 0.358 e. The zero-order valence-electron chi connectivity index (χ0n) is 13.7. The van der Waals surface area contributed by atoms with E-state index in [0.717, 1.165) is 37.0 Å². The second-order valence-corrected chi connectivity index (χ2v) is 6.04. The molecule has 7 nitrogen and oxygen atoms in total. The second kappa shape index (κ2) is 7.44. The summed E-state index contributed by atoms with van der Waals surface area (Å²) < 4.78 is 7.09. The highest BCUT2D eigenvalue weighted by atomic mass is 16.5. The van der Waals surface area contributed by atoms with Gasteiger partial charge < -0.3 is 15.2 Å². The van der Waals surface area contributed by atoms with E-state index in [1.165, 1.54) is 6.20 Å². The smallest absolute Gasteiger partial charge is 0.358 e. The molecule has 1 heterocycles. The van der Waals surface area contributed by atoms with Gasteiger partial charge in [-0.25, -0.2) is 9.48 Å². The van der Waals surface area contributed by atoms with Crippen LogP contribution in [0.15, 0.2) is 30.5 Å². The second-order valence-electron chi connectivity index (χ2n) is 6.04. The normalized spacial score (nSPS) is 20.7. The number of para-hydroxylation sites is 1. The Bertz CT molecular complexity index is 701. The quantitative estimate of drug-likeness (QED) is 0.844. The van der Waals surface area contributed by atoms with Crippen molar-refractivity contribution in [2.24, 2.45) is 0 Å². The van der Waals surface area contributed by atoms with E-state index in [4.69, 9.17) is 9.84 Å². The molecule has 1 aromatic heterocycles. The summed E-state index contributed by atoms with van der Waals surface area (Å²) >= 11 is 0. The Morgan fingerprint density at radius 3 is 2.92 bits per heavy atom. The first-order valence-electron chi connectivity index (χ1n) is 8.19. The highest BCUT2D eigenvalue weighted by molar-refractivity contribution is 5.84. The largest absolute Gasteiger partial charge is 0.496 e. The van der Waals surface area contributed by atoms with Crippen LogP contribution in [0.5, 0.6) is 5.75 Å². The van der Waals surface area contributed by atoms with Gasteiger partial charge in [-0.1, -0.05) is 36.3 Å². The molecule has 3 rings (SSSR count). The van der Waals surface area contributed by atoms with E-state index >= 15 is 0 Å². The lowest BCUT2D eigenvalue weighted by Gasteiger charge is -2.32. The zero-order chi connectivity index (χ0) is 16.9. The molecule has 0 amide bonds. The third kappa shape index (κ3) is 3.56. The van der Waals surface area contributed by atoms with Crippen molar-refractivity contribution in [3.8, 4) is 5.75 Å². The molecule has 1 saturated carbocycles. The molecule has 0 bridgehead atoms. The predicted molar refractivity (Wildman–Crippen MR) is 88.1 cm³/mol. The monoisotopic (exact) mass is 330 g/mol. The lowest BCUT2D eigenvalue weighted by Crippen LogP contribution is -2.39. The average Bonchev–Trinajstić information content (AvgIpc) is 3.10. The van der Waals surface area contributed by atoms with Gasteiger partial charge in [0.2, 0.25) is 0 Å². The maximum atomic E-state index is 11.0. The molecule has 1 aromatic carbocycles. The number of nitrogens with one attached hydrogen (secondary N) is 1. The molecule has 0 radical (unpaired) electrons. The predicted octanol–water partition coefficient (Wildman–Crippen LogP) is 2.26. The van der Waals surface area contributed by atoms with Crippen molar-refractivity contribution >= 4 is 5.97 Å². The molecular weight excluding hydrogens is 308 g/mol. The van der Waals surface area contributed by atoms with Gasteiger partial charge in [-0.05, 0) is 18.9 Å². The molecular formula is C17H22N4O3. The highest BCUT2D eigenvalue weighted by Gasteiger charge is 2.28. The van der Waals surface area contributed by atoms with Crippen molar-refractivity contribution in [1.82, 2.24) is 20.3 Å². The number of methoxy groups -OCH3 is 1. The lowest BCUT2D eigenvalue weighted by atomic mass is 9.90. The highest BCUT2D eigenvalue weighted by Crippen LogP contribution is 2.29. The summed E-state index contributed by atoms with van der Waals surface area (Å²) in [4.78, 5) is 11.0. The first kappa shape index (κ1) is 16.4. The van der Waals surface area contributed by atoms with Crippen LogP contribution in [0.1, 0.15) is 47.8 Å². The minimum absolute atomic E-state index is 0.0101. The van der Waals surface area contributed by atoms with Gasteiger partial charge in [0, 0.05) is 18.2 Å². The van der Waals surface area contributed by atoms with Crippen LogP contribution in [0.25, 0.3) is 0 Å². The maximum absolute atomic E-state index is 11.0. The molecule has 0 unspecified atom stereocenters. The number of benzene rings is 1. The van der Waals surface area contributed by atoms with Crippen LogP contribution in [0.2, 0.25) is 0 Å². The van der Waals surface area contributed by atoms with E-state index in [0.29, 0.717) is 6.54 Å². The Balaban J connectivity index is 1.71. The third-order valence-corrected chi connectivity index (χ3v) is 4.55. The van der Waals surface area contributed by atoms with Gasteiger partial charge in [0.1, 0.15) is 5.75 Å². The average molecular weight is 330 g/mol. The van der Waals surface area contributed by atoms with E-state index < -0.39 is 5.97 Å². The Hall–Kier alpha value is -2.41. The number of ether oxygens (including phenoxy) is 1. The standard InChI is InChI=1S/C17H22N4O3/c1-24-16-9-5-2-6-12(16)10-18-13-7-3-4-8-15(13)21-11-14(17(22)23)19-20-21/h2,5-6,9,11,13,15,18H,3-4,7-8,10H2,1H3,(H,22,23)/t13-,15+/m1/s1. The summed E-state index contributed by atoms with van der Waals surface area (Å²) in [7, 11) is 1.67. The Labute approximate surface area is 140 Å². The molecule has 2 atom stereocenters. The van der Waals surface area contributed by atoms with Crippen LogP contribution in [0.4, 0.5) is 0 Å². The Morgan fingerprint density at radius 1 is 1.38 bits per heavy atom. The van der Waals surface area contributed by atoms with Crippen molar-refractivity contribution in [3.05, 3.63) is 41.7 Å². The molecule has 0 spiro atoms. The topological polar surface area (TPSA) is 89.3 Å². The van der Waals surface area contributed by atoms with Crippen LogP contribution in [0.3, 0.4) is 0 Å². The first-order valence-corrected chi connectivity index (χ1v) is 8.19. The van der Waals surface area contributed by atoms with Gasteiger partial charge >= 0.3 is 5.97 Å². The van der Waals surface area contributed by atoms with Crippen molar-refractivity contribution in [2.75, 3.05) is 7.11 Å². The summed E-state index contributed by atoms with van der Waals surface area (Å²) in [5.74, 6) is -0.179. The van der Waals surface area contributed by atoms with E-state index in [1.807, 2.05) is 24.3 Å². The molecule has 1 aliphatic rings. The minimum Gasteiger partial charge on any atom is -0.496 e. The molecule has 1 aliphatic carbocycles. The van der Waals surface area contributed by atoms with Gasteiger partial charge in [-0.2, -0.15) is 0 Å². The fourth-order valence-corrected chi connectivity index (χ4v) is 3.29. The number of nitrogens with zero attached hydrogens (tertiary/aromatic N) is 3. The molecule has 2 N–H and O–H groups in total. The Kier molecular flexibility index (Phi) is 5.10. The van der Waals surface area contributed by atoms with Crippen LogP contribution < -0.4 is 10.1 Å². The van der Waals surface area contributed by atoms with Gasteiger partial charge in [0.25, 0.3) is 0 Å². The van der Waals surface area contributed by atoms with E-state index in [-0.39, 0.29) is 17.8 Å². The molecule has 128 valence electrons. The fraction of sp³-hybridized carbons (Fsp3) is 0.471. The lowest BCUT2D eigenvalue weighted by molar-refractivity contribution is 0.0690. The summed E-state index contributed by atoms with van der Waals surface area (Å²) in [5.41, 5.74) is 1.10. The number of carbonyl (C=O) groups is 1. The summed E-state index contributed by atoms with van der Waals surface area (Å²) in [6.07, 6.45) is 5.78. The number of hydrogen-bond donors (Lipinski definition) is 2. The molecule has 7 heteroatoms. The van der Waals surface area contributed by atoms with E-state index in [1.54, 1.807) is 11.8 Å². The number of carboxylic acid groups (broad SMARTS) is 1. The first-order chi connectivity index (χ1) is 11.7. The molecule has 0 aliphatic heterocycles. The number of carboxylic acids is 1. The summed E-state index contributed by atoms with van der Waals surface area (Å²) in [6, 6.07) is 8.29. The van der Waals surface area contributed by atoms with Gasteiger partial charge in [-0.3, -0.25) is 0 Å². The van der Waals surface area contributed by atoms with Crippen LogP contribution >= 0.6 is 0 Å². The van der Waals surface area contributed by atoms with Crippen molar-refractivity contribution in [1.29, 1.82) is 0 Å². The molecule has 24 heavy (non-hydrogen) atoms. The van der Waals surface area contributed by atoms with Crippen molar-refractivity contribution in [2.45, 2.75) is 44.3 Å². The van der Waals surface area contributed by atoms with Gasteiger partial charge in [-0.15, -0.1) is 5.10 Å². The van der Waals surface area contributed by atoms with Crippen molar-refractivity contribution in [3.63, 3.8) is 0 Å². The number of aromatic carboxylic acids is 1. The van der Waals surface area contributed by atoms with E-state index in [9.17, 15) is 4.79 Å². The van der Waals surface area contributed by atoms with Gasteiger partial charge in [0.05, 0.1) is 19.3 Å². The van der Waals surface area contributed by atoms with Crippen LogP contribution in [0, 0.1) is 0 Å². The Morgan fingerprint density at radius 2 is 2.17 bits per heavy atom. The summed E-state index contributed by atoms with van der Waals surface area (Å²) in [5, 5.41) is 20.4. The zero-order valence-corrected chi connectivity index (χ0v) is 13.7. The van der Waals surface area contributed by atoms with Crippen molar-refractivity contribution < 1.29 is 14.6 Å². The van der Waals surface area contributed by atoms with Crippen LogP contribution in [-0.4, -0.2) is 39.2 Å². The number of rotatable bonds is 6. The van der Waals surface area contributed by atoms with E-state index in [2.05, 4.69) is 15.6 Å². The SMILES string of the molecule is COc1ccccc1CN[C@@H]1CCCC[C@@H]1n1cc(C(=O)O)nn1. The molecule has 0 saturated heterocycles. The number of hydrogen-bond acceptors (Lipinski definition) is 5.